The van der Waals surface area contributed by atoms with Crippen LogP contribution in [0.5, 0.6) is 0 Å². The molecule has 0 spiro atoms. The fraction of sp³-hybridized carbons (Fsp3) is 0.750. The highest BCUT2D eigenvalue weighted by molar-refractivity contribution is 5.15. The molecule has 0 amide bonds. The standard InChI is InChI=1S/C12H21N3/c1-9(2)15-6-4-11(5-7-15)12-10(3)13-8-14-12/h8-9,11H,4-7H2,1-3H3,(H,13,14). The Morgan fingerprint density at radius 3 is 2.53 bits per heavy atom. The summed E-state index contributed by atoms with van der Waals surface area (Å²) in [4.78, 5) is 10.2. The highest BCUT2D eigenvalue weighted by Crippen LogP contribution is 2.28. The van der Waals surface area contributed by atoms with E-state index in [-0.39, 0.29) is 0 Å². The molecule has 1 saturated heterocycles. The second-order valence-corrected chi connectivity index (χ2v) is 4.82. The Bertz CT molecular complexity index is 308. The lowest BCUT2D eigenvalue weighted by Crippen LogP contribution is -2.38. The molecule has 1 N–H and O–H groups in total. The molecule has 1 fully saturated rings. The molecule has 1 aliphatic heterocycles. The van der Waals surface area contributed by atoms with Crippen molar-refractivity contribution in [3.05, 3.63) is 17.7 Å². The van der Waals surface area contributed by atoms with Crippen molar-refractivity contribution in [3.63, 3.8) is 0 Å². The number of aromatic nitrogens is 2. The van der Waals surface area contributed by atoms with E-state index in [0.29, 0.717) is 12.0 Å². The summed E-state index contributed by atoms with van der Waals surface area (Å²) < 4.78 is 0. The van der Waals surface area contributed by atoms with Crippen LogP contribution < -0.4 is 0 Å². The smallest absolute Gasteiger partial charge is 0.0925 e. The van der Waals surface area contributed by atoms with Crippen LogP contribution in [0.3, 0.4) is 0 Å². The van der Waals surface area contributed by atoms with Crippen LogP contribution in [0.15, 0.2) is 6.33 Å². The van der Waals surface area contributed by atoms with E-state index in [2.05, 4.69) is 35.6 Å². The molecular weight excluding hydrogens is 186 g/mol. The molecule has 0 aliphatic carbocycles. The lowest BCUT2D eigenvalue weighted by atomic mass is 9.92. The number of hydrogen-bond acceptors (Lipinski definition) is 2. The van der Waals surface area contributed by atoms with Gasteiger partial charge in [0.05, 0.1) is 12.0 Å². The van der Waals surface area contributed by atoms with Gasteiger partial charge >= 0.3 is 0 Å². The van der Waals surface area contributed by atoms with Crippen molar-refractivity contribution in [2.24, 2.45) is 0 Å². The van der Waals surface area contributed by atoms with Crippen LogP contribution in [0.1, 0.15) is 44.0 Å². The maximum absolute atomic E-state index is 4.44. The quantitative estimate of drug-likeness (QED) is 0.807. The first-order valence-corrected chi connectivity index (χ1v) is 5.92. The lowest BCUT2D eigenvalue weighted by molar-refractivity contribution is 0.171. The average Bonchev–Trinajstić information content (AvgIpc) is 2.65. The van der Waals surface area contributed by atoms with Crippen LogP contribution >= 0.6 is 0 Å². The number of aromatic amines is 1. The Morgan fingerprint density at radius 2 is 2.07 bits per heavy atom. The predicted molar refractivity (Wildman–Crippen MR) is 62.0 cm³/mol. The number of likely N-dealkylation sites (tertiary alicyclic amines) is 1. The number of piperidine rings is 1. The zero-order valence-electron chi connectivity index (χ0n) is 9.95. The summed E-state index contributed by atoms with van der Waals surface area (Å²) in [6.07, 6.45) is 4.33. The number of hydrogen-bond donors (Lipinski definition) is 1. The minimum atomic E-state index is 0.672. The molecule has 1 aromatic heterocycles. The maximum Gasteiger partial charge on any atom is 0.0925 e. The summed E-state index contributed by atoms with van der Waals surface area (Å²) in [6, 6.07) is 0.686. The number of rotatable bonds is 2. The molecule has 3 nitrogen and oxygen atoms in total. The van der Waals surface area contributed by atoms with Crippen LogP contribution in [-0.4, -0.2) is 34.0 Å². The third kappa shape index (κ3) is 2.23. The second-order valence-electron chi connectivity index (χ2n) is 4.82. The van der Waals surface area contributed by atoms with Crippen molar-refractivity contribution in [1.82, 2.24) is 14.9 Å². The normalized spacial score (nSPS) is 20.0. The Kier molecular flexibility index (Phi) is 3.10. The van der Waals surface area contributed by atoms with Crippen molar-refractivity contribution in [1.29, 1.82) is 0 Å². The van der Waals surface area contributed by atoms with Gasteiger partial charge in [-0.2, -0.15) is 0 Å². The van der Waals surface area contributed by atoms with Crippen molar-refractivity contribution in [2.45, 2.75) is 45.6 Å². The minimum Gasteiger partial charge on any atom is -0.348 e. The van der Waals surface area contributed by atoms with Crippen LogP contribution in [-0.2, 0) is 0 Å². The molecule has 0 atom stereocenters. The fourth-order valence-corrected chi connectivity index (χ4v) is 2.47. The second kappa shape index (κ2) is 4.35. The first kappa shape index (κ1) is 10.7. The lowest BCUT2D eigenvalue weighted by Gasteiger charge is -2.34. The maximum atomic E-state index is 4.44. The van der Waals surface area contributed by atoms with Crippen molar-refractivity contribution in [3.8, 4) is 0 Å². The van der Waals surface area contributed by atoms with Crippen molar-refractivity contribution in [2.75, 3.05) is 13.1 Å². The van der Waals surface area contributed by atoms with E-state index in [1.807, 2.05) is 6.33 Å². The number of nitrogens with zero attached hydrogens (tertiary/aromatic N) is 2. The van der Waals surface area contributed by atoms with E-state index in [4.69, 9.17) is 0 Å². The van der Waals surface area contributed by atoms with Gasteiger partial charge in [-0.05, 0) is 46.7 Å². The molecule has 0 aromatic carbocycles. The average molecular weight is 207 g/mol. The molecule has 0 bridgehead atoms. The van der Waals surface area contributed by atoms with Crippen molar-refractivity contribution >= 4 is 0 Å². The summed E-state index contributed by atoms with van der Waals surface area (Å²) in [5.74, 6) is 0.672. The fourth-order valence-electron chi connectivity index (χ4n) is 2.47. The van der Waals surface area contributed by atoms with Gasteiger partial charge < -0.3 is 9.88 Å². The Balaban J connectivity index is 1.97. The van der Waals surface area contributed by atoms with Gasteiger partial charge in [0.2, 0.25) is 0 Å². The van der Waals surface area contributed by atoms with Gasteiger partial charge in [0.25, 0.3) is 0 Å². The van der Waals surface area contributed by atoms with E-state index in [0.717, 1.165) is 0 Å². The first-order valence-electron chi connectivity index (χ1n) is 5.92. The SMILES string of the molecule is Cc1[nH]cnc1C1CCN(C(C)C)CC1. The molecule has 2 rings (SSSR count). The number of H-pyrrole nitrogens is 1. The zero-order valence-corrected chi connectivity index (χ0v) is 9.95. The van der Waals surface area contributed by atoms with Gasteiger partial charge in [-0.1, -0.05) is 0 Å². The molecule has 2 heterocycles. The third-order valence-electron chi connectivity index (χ3n) is 3.52. The highest BCUT2D eigenvalue weighted by Gasteiger charge is 2.24. The van der Waals surface area contributed by atoms with Gasteiger partial charge in [0.1, 0.15) is 0 Å². The zero-order chi connectivity index (χ0) is 10.8. The third-order valence-corrected chi connectivity index (χ3v) is 3.52. The molecule has 3 heteroatoms. The molecular formula is C12H21N3. The molecule has 15 heavy (non-hydrogen) atoms. The van der Waals surface area contributed by atoms with E-state index in [1.165, 1.54) is 37.3 Å². The van der Waals surface area contributed by atoms with Crippen LogP contribution in [0.25, 0.3) is 0 Å². The molecule has 0 unspecified atom stereocenters. The van der Waals surface area contributed by atoms with Gasteiger partial charge in [0, 0.05) is 17.7 Å². The largest absolute Gasteiger partial charge is 0.348 e. The Hall–Kier alpha value is -0.830. The van der Waals surface area contributed by atoms with Gasteiger partial charge in [0.15, 0.2) is 0 Å². The summed E-state index contributed by atoms with van der Waals surface area (Å²) in [5.41, 5.74) is 2.54. The summed E-state index contributed by atoms with van der Waals surface area (Å²) in [7, 11) is 0. The van der Waals surface area contributed by atoms with Crippen molar-refractivity contribution < 1.29 is 0 Å². The van der Waals surface area contributed by atoms with Gasteiger partial charge in [-0.25, -0.2) is 4.98 Å². The first-order chi connectivity index (χ1) is 7.18. The van der Waals surface area contributed by atoms with Crippen LogP contribution in [0, 0.1) is 6.92 Å². The topological polar surface area (TPSA) is 31.9 Å². The molecule has 0 radical (unpaired) electrons. The van der Waals surface area contributed by atoms with E-state index < -0.39 is 0 Å². The van der Waals surface area contributed by atoms with Crippen LogP contribution in [0.4, 0.5) is 0 Å². The van der Waals surface area contributed by atoms with Gasteiger partial charge in [-0.15, -0.1) is 0 Å². The molecule has 1 aliphatic rings. The Morgan fingerprint density at radius 1 is 1.40 bits per heavy atom. The van der Waals surface area contributed by atoms with Crippen LogP contribution in [0.2, 0.25) is 0 Å². The number of aryl methyl sites for hydroxylation is 1. The van der Waals surface area contributed by atoms with Gasteiger partial charge in [-0.3, -0.25) is 0 Å². The molecule has 84 valence electrons. The number of nitrogens with one attached hydrogen (secondary N) is 1. The Labute approximate surface area is 91.9 Å². The van der Waals surface area contributed by atoms with E-state index in [9.17, 15) is 0 Å². The number of imidazole rings is 1. The minimum absolute atomic E-state index is 0.672. The summed E-state index contributed by atoms with van der Waals surface area (Å²) in [6.45, 7) is 9.11. The van der Waals surface area contributed by atoms with E-state index in [1.54, 1.807) is 0 Å². The summed E-state index contributed by atoms with van der Waals surface area (Å²) >= 11 is 0. The summed E-state index contributed by atoms with van der Waals surface area (Å²) in [5, 5.41) is 0. The van der Waals surface area contributed by atoms with E-state index >= 15 is 0 Å². The predicted octanol–water partition coefficient (Wildman–Crippen LogP) is 2.31. The molecule has 0 saturated carbocycles. The highest BCUT2D eigenvalue weighted by atomic mass is 15.1. The molecule has 1 aromatic rings. The monoisotopic (exact) mass is 207 g/mol.